The average molecular weight is 281 g/mol. The van der Waals surface area contributed by atoms with E-state index < -0.39 is 15.9 Å². The van der Waals surface area contributed by atoms with Gasteiger partial charge in [0.2, 0.25) is 15.9 Å². The molecular weight excluding hydrogens is 254 g/mol. The molecule has 0 atom stereocenters. The molecule has 0 fully saturated rings. The van der Waals surface area contributed by atoms with E-state index in [2.05, 4.69) is 0 Å². The molecule has 1 N–H and O–H groups in total. The Morgan fingerprint density at radius 2 is 1.67 bits per heavy atom. The topological polar surface area (TPSA) is 72.5 Å². The van der Waals surface area contributed by atoms with E-state index in [0.717, 1.165) is 45.3 Å². The molecule has 0 heterocycles. The van der Waals surface area contributed by atoms with Crippen LogP contribution < -0.4 is 4.72 Å². The van der Waals surface area contributed by atoms with E-state index in [1.54, 1.807) is 0 Å². The summed E-state index contributed by atoms with van der Waals surface area (Å²) in [5, 5.41) is 0. The van der Waals surface area contributed by atoms with Crippen LogP contribution in [0.3, 0.4) is 0 Å². The fourth-order valence-corrected chi connectivity index (χ4v) is 2.74. The van der Waals surface area contributed by atoms with Gasteiger partial charge in [0.15, 0.2) is 0 Å². The molecule has 0 bridgehead atoms. The molecule has 5 nitrogen and oxygen atoms in total. The zero-order valence-electron chi connectivity index (χ0n) is 11.4. The van der Waals surface area contributed by atoms with E-state index in [1.165, 1.54) is 6.92 Å². The first kappa shape index (κ1) is 17.4. The molecule has 0 aliphatic heterocycles. The Kier molecular flexibility index (Phi) is 9.96. The van der Waals surface area contributed by atoms with Crippen LogP contribution in [0.2, 0.25) is 0 Å². The van der Waals surface area contributed by atoms with Crippen LogP contribution in [0.5, 0.6) is 0 Å². The fraction of sp³-hybridized carbons (Fsp3) is 0.917. The molecule has 18 heavy (non-hydrogen) atoms. The number of unbranched alkanes of at least 4 members (excludes halogenated alkanes) is 5. The Labute approximate surface area is 112 Å². The van der Waals surface area contributed by atoms with Crippen LogP contribution in [0.1, 0.15) is 53.8 Å². The van der Waals surface area contributed by atoms with E-state index in [0.29, 0.717) is 6.42 Å². The Morgan fingerprint density at radius 3 is 2.22 bits per heavy atom. The monoisotopic (exact) mass is 281 g/mol. The average Bonchev–Trinajstić information content (AvgIpc) is 2.25. The van der Waals surface area contributed by atoms with Gasteiger partial charge in [0, 0.05) is 21.6 Å². The van der Waals surface area contributed by atoms with Crippen molar-refractivity contribution in [3.63, 3.8) is 0 Å². The van der Waals surface area contributed by atoms with Gasteiger partial charge in [-0.1, -0.05) is 25.7 Å². The van der Waals surface area contributed by atoms with Crippen LogP contribution in [-0.2, 0) is 19.6 Å². The number of hydrogen-bond acceptors (Lipinski definition) is 4. The number of ether oxygens (including phenoxy) is 1. The Morgan fingerprint density at radius 1 is 1.11 bits per heavy atom. The van der Waals surface area contributed by atoms with Crippen molar-refractivity contribution >= 4 is 15.9 Å². The van der Waals surface area contributed by atoms with Crippen molar-refractivity contribution in [2.45, 2.75) is 52.4 Å². The minimum atomic E-state index is -3.41. The third-order valence-corrected chi connectivity index (χ3v) is 3.88. The van der Waals surface area contributed by atoms with Crippen LogP contribution in [0.4, 0.5) is 0 Å². The van der Waals surface area contributed by atoms with Gasteiger partial charge >= 0.3 is 0 Å². The third-order valence-electron chi connectivity index (χ3n) is 2.46. The van der Waals surface area contributed by atoms with Crippen LogP contribution >= 0.6 is 0 Å². The zero-order chi connectivity index (χ0) is 13.9. The quantitative estimate of drug-likeness (QED) is 0.588. The van der Waals surface area contributed by atoms with Gasteiger partial charge in [0.25, 0.3) is 0 Å². The molecule has 0 aromatic rings. The first-order chi connectivity index (χ1) is 8.48. The summed E-state index contributed by atoms with van der Waals surface area (Å²) >= 11 is 0. The molecule has 0 aromatic heterocycles. The first-order valence-corrected chi connectivity index (χ1v) is 8.22. The summed E-state index contributed by atoms with van der Waals surface area (Å²) in [6.45, 7) is 4.76. The van der Waals surface area contributed by atoms with Gasteiger partial charge in [-0.2, -0.15) is 0 Å². The van der Waals surface area contributed by atoms with Crippen LogP contribution in [-0.4, -0.2) is 33.3 Å². The summed E-state index contributed by atoms with van der Waals surface area (Å²) in [6.07, 6.45) is 5.81. The molecule has 0 unspecified atom stereocenters. The predicted molar refractivity (Wildman–Crippen MR) is 73.9 cm³/mol. The van der Waals surface area contributed by atoms with Crippen LogP contribution in [0.15, 0.2) is 0 Å². The van der Waals surface area contributed by atoms with Gasteiger partial charge in [0.05, 0.1) is 5.75 Å². The second-order valence-corrected chi connectivity index (χ2v) is 6.14. The number of carbonyl (C=O) groups is 1. The lowest BCUT2D eigenvalue weighted by Crippen LogP contribution is -2.30. The van der Waals surface area contributed by atoms with Crippen molar-refractivity contribution < 1.29 is 19.4 Å². The fourth-order valence-electron chi connectivity index (χ4n) is 1.62. The second-order valence-electron chi connectivity index (χ2n) is 4.30. The van der Waals surface area contributed by atoms with Crippen molar-refractivity contribution in [2.24, 2.45) is 0 Å². The first-order valence-electron chi connectivity index (χ1n) is 6.56. The molecular formula is C12H27NO4S. The standard InChI is InChI=1S/C12H25NO4S.H2/c1-3-17-10-8-6-4-5-7-9-11-18(15,16)13-12(2)14;/h3-11H2,1-2H3,(H,13,14);1H. The minimum Gasteiger partial charge on any atom is -0.382 e. The van der Waals surface area contributed by atoms with Gasteiger partial charge in [0.1, 0.15) is 0 Å². The number of carbonyl (C=O) groups excluding carboxylic acids is 1. The third kappa shape index (κ3) is 11.9. The maximum atomic E-state index is 11.3. The highest BCUT2D eigenvalue weighted by Gasteiger charge is 2.10. The van der Waals surface area contributed by atoms with Crippen LogP contribution in [0.25, 0.3) is 0 Å². The number of hydrogen-bond donors (Lipinski definition) is 1. The molecule has 0 rings (SSSR count). The number of sulfonamides is 1. The molecule has 0 aliphatic rings. The summed E-state index contributed by atoms with van der Waals surface area (Å²) in [5.41, 5.74) is 0. The molecule has 6 heteroatoms. The summed E-state index contributed by atoms with van der Waals surface area (Å²) < 4.78 is 29.8. The summed E-state index contributed by atoms with van der Waals surface area (Å²) in [5.74, 6) is -0.489. The van der Waals surface area contributed by atoms with Crippen molar-refractivity contribution in [1.82, 2.24) is 4.72 Å². The van der Waals surface area contributed by atoms with Gasteiger partial charge in [-0.15, -0.1) is 0 Å². The lowest BCUT2D eigenvalue weighted by Gasteiger charge is -2.04. The molecule has 0 spiro atoms. The highest BCUT2D eigenvalue weighted by molar-refractivity contribution is 7.90. The number of nitrogens with one attached hydrogen (secondary N) is 1. The molecule has 0 aliphatic carbocycles. The smallest absolute Gasteiger partial charge is 0.234 e. The molecule has 0 saturated heterocycles. The summed E-state index contributed by atoms with van der Waals surface area (Å²) in [6, 6.07) is 0. The van der Waals surface area contributed by atoms with Gasteiger partial charge < -0.3 is 4.74 Å². The van der Waals surface area contributed by atoms with E-state index in [-0.39, 0.29) is 7.18 Å². The lowest BCUT2D eigenvalue weighted by molar-refractivity contribution is -0.117. The molecule has 0 saturated carbocycles. The maximum absolute atomic E-state index is 11.3. The summed E-state index contributed by atoms with van der Waals surface area (Å²) in [7, 11) is -3.41. The van der Waals surface area contributed by atoms with E-state index >= 15 is 0 Å². The Balaban J connectivity index is 0. The Hall–Kier alpha value is -0.620. The van der Waals surface area contributed by atoms with Crippen molar-refractivity contribution in [1.29, 1.82) is 0 Å². The number of rotatable bonds is 11. The normalized spacial score (nSPS) is 11.4. The molecule has 0 radical (unpaired) electrons. The SMILES string of the molecule is CCOCCCCCCCCS(=O)(=O)NC(C)=O.[HH]. The van der Waals surface area contributed by atoms with Crippen molar-refractivity contribution in [2.75, 3.05) is 19.0 Å². The second kappa shape index (κ2) is 10.3. The van der Waals surface area contributed by atoms with E-state index in [4.69, 9.17) is 4.74 Å². The minimum absolute atomic E-state index is 0. The maximum Gasteiger partial charge on any atom is 0.234 e. The van der Waals surface area contributed by atoms with Gasteiger partial charge in [-0.3, -0.25) is 9.52 Å². The van der Waals surface area contributed by atoms with Gasteiger partial charge in [-0.25, -0.2) is 8.42 Å². The van der Waals surface area contributed by atoms with Gasteiger partial charge in [-0.05, 0) is 19.8 Å². The van der Waals surface area contributed by atoms with Crippen molar-refractivity contribution in [3.8, 4) is 0 Å². The number of amides is 1. The highest BCUT2D eigenvalue weighted by atomic mass is 32.2. The molecule has 1 amide bonds. The van der Waals surface area contributed by atoms with E-state index in [9.17, 15) is 13.2 Å². The molecule has 0 aromatic carbocycles. The summed E-state index contributed by atoms with van der Waals surface area (Å²) in [4.78, 5) is 10.6. The van der Waals surface area contributed by atoms with Crippen LogP contribution in [0, 0.1) is 0 Å². The highest BCUT2D eigenvalue weighted by Crippen LogP contribution is 2.06. The zero-order valence-corrected chi connectivity index (χ0v) is 12.2. The Bertz CT molecular complexity index is 320. The molecule has 110 valence electrons. The van der Waals surface area contributed by atoms with Crippen molar-refractivity contribution in [3.05, 3.63) is 0 Å². The largest absolute Gasteiger partial charge is 0.382 e. The van der Waals surface area contributed by atoms with E-state index in [1.807, 2.05) is 11.6 Å². The lowest BCUT2D eigenvalue weighted by atomic mass is 10.1. The predicted octanol–water partition coefficient (Wildman–Crippen LogP) is 2.08.